The highest BCUT2D eigenvalue weighted by molar-refractivity contribution is 5.94. The van der Waals surface area contributed by atoms with Crippen LogP contribution in [-0.2, 0) is 14.3 Å². The Balaban J connectivity index is 1.97. The number of ether oxygens (including phenoxy) is 2. The van der Waals surface area contributed by atoms with Gasteiger partial charge in [-0.15, -0.1) is 0 Å². The SMILES string of the molecule is CN(C)C(=O)CO[C@H]1CCOC[C@H]1NC(=O)c1ncccc1O. The van der Waals surface area contributed by atoms with Gasteiger partial charge in [0.25, 0.3) is 5.91 Å². The third-order valence-corrected chi connectivity index (χ3v) is 3.53. The van der Waals surface area contributed by atoms with E-state index in [9.17, 15) is 14.7 Å². The molecule has 23 heavy (non-hydrogen) atoms. The molecule has 2 amide bonds. The van der Waals surface area contributed by atoms with Gasteiger partial charge in [-0.3, -0.25) is 9.59 Å². The molecule has 0 saturated carbocycles. The van der Waals surface area contributed by atoms with Crippen molar-refractivity contribution >= 4 is 11.8 Å². The highest BCUT2D eigenvalue weighted by Gasteiger charge is 2.29. The molecule has 2 heterocycles. The summed E-state index contributed by atoms with van der Waals surface area (Å²) in [6, 6.07) is 2.52. The minimum Gasteiger partial charge on any atom is -0.505 e. The summed E-state index contributed by atoms with van der Waals surface area (Å²) < 4.78 is 11.0. The molecule has 0 aromatic carbocycles. The fourth-order valence-electron chi connectivity index (χ4n) is 2.17. The molecule has 1 aliphatic heterocycles. The van der Waals surface area contributed by atoms with Gasteiger partial charge in [0.1, 0.15) is 12.4 Å². The fraction of sp³-hybridized carbons (Fsp3) is 0.533. The predicted molar refractivity (Wildman–Crippen MR) is 81.0 cm³/mol. The number of carbonyl (C=O) groups is 2. The lowest BCUT2D eigenvalue weighted by atomic mass is 10.1. The Morgan fingerprint density at radius 3 is 3.00 bits per heavy atom. The lowest BCUT2D eigenvalue weighted by Gasteiger charge is -2.32. The molecule has 2 atom stereocenters. The Labute approximate surface area is 134 Å². The molecular weight excluding hydrogens is 302 g/mol. The van der Waals surface area contributed by atoms with Crippen LogP contribution in [0, 0.1) is 0 Å². The van der Waals surface area contributed by atoms with E-state index in [1.807, 2.05) is 0 Å². The monoisotopic (exact) mass is 323 g/mol. The average Bonchev–Trinajstić information content (AvgIpc) is 2.54. The summed E-state index contributed by atoms with van der Waals surface area (Å²) in [5.74, 6) is -0.850. The summed E-state index contributed by atoms with van der Waals surface area (Å²) in [5.41, 5.74) is -0.0545. The van der Waals surface area contributed by atoms with Crippen molar-refractivity contribution in [3.63, 3.8) is 0 Å². The normalized spacial score (nSPS) is 20.8. The second-order valence-corrected chi connectivity index (χ2v) is 5.45. The van der Waals surface area contributed by atoms with E-state index in [4.69, 9.17) is 9.47 Å². The number of aromatic hydroxyl groups is 1. The van der Waals surface area contributed by atoms with E-state index in [-0.39, 0.29) is 36.7 Å². The zero-order valence-electron chi connectivity index (χ0n) is 13.2. The van der Waals surface area contributed by atoms with Gasteiger partial charge < -0.3 is 24.8 Å². The summed E-state index contributed by atoms with van der Waals surface area (Å²) in [6.45, 7) is 0.723. The smallest absolute Gasteiger partial charge is 0.274 e. The van der Waals surface area contributed by atoms with Crippen molar-refractivity contribution in [2.24, 2.45) is 0 Å². The van der Waals surface area contributed by atoms with E-state index in [0.29, 0.717) is 13.0 Å². The average molecular weight is 323 g/mol. The Bertz CT molecular complexity index is 564. The van der Waals surface area contributed by atoms with Crippen LogP contribution in [-0.4, -0.2) is 72.9 Å². The topological polar surface area (TPSA) is 101 Å². The first-order valence-electron chi connectivity index (χ1n) is 7.33. The molecule has 0 radical (unpaired) electrons. The molecule has 0 unspecified atom stereocenters. The standard InChI is InChI=1S/C15H21N3O5/c1-18(2)13(20)9-23-12-5-7-22-8-10(12)17-15(21)14-11(19)4-3-6-16-14/h3-4,6,10,12,19H,5,7-9H2,1-2H3,(H,17,21)/t10-,12+/m1/s1. The maximum absolute atomic E-state index is 12.2. The van der Waals surface area contributed by atoms with E-state index in [0.717, 1.165) is 0 Å². The molecule has 0 bridgehead atoms. The number of likely N-dealkylation sites (N-methyl/N-ethyl adjacent to an activating group) is 1. The summed E-state index contributed by atoms with van der Waals surface area (Å²) in [5, 5.41) is 12.4. The first-order valence-corrected chi connectivity index (χ1v) is 7.33. The first kappa shape index (κ1) is 17.2. The quantitative estimate of drug-likeness (QED) is 0.777. The number of rotatable bonds is 5. The van der Waals surface area contributed by atoms with E-state index in [2.05, 4.69) is 10.3 Å². The van der Waals surface area contributed by atoms with Gasteiger partial charge in [-0.1, -0.05) is 0 Å². The highest BCUT2D eigenvalue weighted by atomic mass is 16.5. The largest absolute Gasteiger partial charge is 0.505 e. The zero-order valence-corrected chi connectivity index (χ0v) is 13.2. The molecular formula is C15H21N3O5. The van der Waals surface area contributed by atoms with E-state index in [1.54, 1.807) is 14.1 Å². The van der Waals surface area contributed by atoms with Crippen LogP contribution >= 0.6 is 0 Å². The maximum atomic E-state index is 12.2. The number of carbonyl (C=O) groups excluding carboxylic acids is 2. The summed E-state index contributed by atoms with van der Waals surface area (Å²) in [6.07, 6.45) is 1.66. The Hall–Kier alpha value is -2.19. The van der Waals surface area contributed by atoms with Crippen molar-refractivity contribution < 1.29 is 24.2 Å². The molecule has 8 nitrogen and oxygen atoms in total. The van der Waals surface area contributed by atoms with Gasteiger partial charge in [-0.05, 0) is 18.6 Å². The summed E-state index contributed by atoms with van der Waals surface area (Å²) in [7, 11) is 3.30. The molecule has 1 saturated heterocycles. The van der Waals surface area contributed by atoms with Crippen LogP contribution in [0.1, 0.15) is 16.9 Å². The van der Waals surface area contributed by atoms with Gasteiger partial charge in [-0.2, -0.15) is 0 Å². The van der Waals surface area contributed by atoms with Crippen LogP contribution in [0.4, 0.5) is 0 Å². The van der Waals surface area contributed by atoms with Crippen LogP contribution in [0.3, 0.4) is 0 Å². The number of aromatic nitrogens is 1. The van der Waals surface area contributed by atoms with Crippen molar-refractivity contribution in [3.05, 3.63) is 24.0 Å². The molecule has 1 aliphatic rings. The van der Waals surface area contributed by atoms with Gasteiger partial charge in [0.15, 0.2) is 5.69 Å². The van der Waals surface area contributed by atoms with Crippen LogP contribution in [0.25, 0.3) is 0 Å². The molecule has 0 spiro atoms. The molecule has 1 fully saturated rings. The van der Waals surface area contributed by atoms with Crippen LogP contribution in [0.15, 0.2) is 18.3 Å². The maximum Gasteiger partial charge on any atom is 0.274 e. The van der Waals surface area contributed by atoms with Crippen molar-refractivity contribution in [1.29, 1.82) is 0 Å². The van der Waals surface area contributed by atoms with Crippen molar-refractivity contribution in [2.75, 3.05) is 33.9 Å². The number of hydrogen-bond acceptors (Lipinski definition) is 6. The molecule has 8 heteroatoms. The first-order chi connectivity index (χ1) is 11.0. The molecule has 2 rings (SSSR count). The Morgan fingerprint density at radius 2 is 2.30 bits per heavy atom. The minimum absolute atomic E-state index is 0.0545. The summed E-state index contributed by atoms with van der Waals surface area (Å²) in [4.78, 5) is 29.1. The third kappa shape index (κ3) is 4.64. The van der Waals surface area contributed by atoms with Gasteiger partial charge in [0.2, 0.25) is 5.91 Å². The summed E-state index contributed by atoms with van der Waals surface area (Å²) >= 11 is 0. The molecule has 126 valence electrons. The van der Waals surface area contributed by atoms with Gasteiger partial charge in [0.05, 0.1) is 18.8 Å². The lowest BCUT2D eigenvalue weighted by molar-refractivity contribution is -0.138. The van der Waals surface area contributed by atoms with Crippen molar-refractivity contribution in [1.82, 2.24) is 15.2 Å². The predicted octanol–water partition coefficient (Wildman–Crippen LogP) is -0.221. The Morgan fingerprint density at radius 1 is 1.52 bits per heavy atom. The lowest BCUT2D eigenvalue weighted by Crippen LogP contribution is -2.51. The number of amides is 2. The minimum atomic E-state index is -0.508. The number of pyridine rings is 1. The number of nitrogens with zero attached hydrogens (tertiary/aromatic N) is 2. The third-order valence-electron chi connectivity index (χ3n) is 3.53. The molecule has 1 aromatic rings. The van der Waals surface area contributed by atoms with E-state index < -0.39 is 11.9 Å². The molecule has 0 aliphatic carbocycles. The number of nitrogens with one attached hydrogen (secondary N) is 1. The van der Waals surface area contributed by atoms with E-state index >= 15 is 0 Å². The van der Waals surface area contributed by atoms with Crippen LogP contribution in [0.5, 0.6) is 5.75 Å². The molecule has 2 N–H and O–H groups in total. The highest BCUT2D eigenvalue weighted by Crippen LogP contribution is 2.16. The van der Waals surface area contributed by atoms with Gasteiger partial charge in [-0.25, -0.2) is 4.98 Å². The zero-order chi connectivity index (χ0) is 16.8. The van der Waals surface area contributed by atoms with Crippen molar-refractivity contribution in [2.45, 2.75) is 18.6 Å². The van der Waals surface area contributed by atoms with Gasteiger partial charge >= 0.3 is 0 Å². The number of hydrogen-bond donors (Lipinski definition) is 2. The second kappa shape index (κ2) is 7.89. The second-order valence-electron chi connectivity index (χ2n) is 5.45. The van der Waals surface area contributed by atoms with E-state index in [1.165, 1.54) is 23.2 Å². The molecule has 1 aromatic heterocycles. The van der Waals surface area contributed by atoms with Crippen LogP contribution in [0.2, 0.25) is 0 Å². The van der Waals surface area contributed by atoms with Crippen LogP contribution < -0.4 is 5.32 Å². The fourth-order valence-corrected chi connectivity index (χ4v) is 2.17. The Kier molecular flexibility index (Phi) is 5.89. The van der Waals surface area contributed by atoms with Gasteiger partial charge in [0, 0.05) is 26.9 Å². The van der Waals surface area contributed by atoms with Crippen molar-refractivity contribution in [3.8, 4) is 5.75 Å².